The van der Waals surface area contributed by atoms with Crippen molar-refractivity contribution in [1.82, 2.24) is 9.62 Å². The van der Waals surface area contributed by atoms with Crippen LogP contribution in [0.4, 0.5) is 5.69 Å². The zero-order valence-electron chi connectivity index (χ0n) is 18.2. The summed E-state index contributed by atoms with van der Waals surface area (Å²) >= 11 is 0. The van der Waals surface area contributed by atoms with E-state index in [2.05, 4.69) is 9.44 Å². The van der Waals surface area contributed by atoms with Gasteiger partial charge in [0.2, 0.25) is 10.0 Å². The van der Waals surface area contributed by atoms with Gasteiger partial charge in [0.15, 0.2) is 0 Å². The van der Waals surface area contributed by atoms with Crippen molar-refractivity contribution < 1.29 is 26.4 Å². The van der Waals surface area contributed by atoms with Crippen molar-refractivity contribution in [1.29, 1.82) is 0 Å². The molecule has 2 aromatic rings. The molecule has 0 bridgehead atoms. The Kier molecular flexibility index (Phi) is 7.11. The van der Waals surface area contributed by atoms with Crippen LogP contribution in [0.5, 0.6) is 5.75 Å². The summed E-state index contributed by atoms with van der Waals surface area (Å²) in [5.74, 6) is 0.269. The third kappa shape index (κ3) is 5.99. The number of carbonyl (C=O) groups is 1. The number of hydrogen-bond acceptors (Lipinski definition) is 6. The molecule has 2 N–H and O–H groups in total. The molecule has 0 radical (unpaired) electrons. The van der Waals surface area contributed by atoms with E-state index < -0.39 is 20.0 Å². The minimum atomic E-state index is -3.92. The maximum atomic E-state index is 13.2. The van der Waals surface area contributed by atoms with Gasteiger partial charge in [0, 0.05) is 30.4 Å². The van der Waals surface area contributed by atoms with Gasteiger partial charge in [-0.2, -0.15) is 0 Å². The van der Waals surface area contributed by atoms with Crippen LogP contribution in [0, 0.1) is 6.92 Å². The third-order valence-corrected chi connectivity index (χ3v) is 7.32. The Hall–Kier alpha value is -2.63. The quantitative estimate of drug-likeness (QED) is 0.623. The minimum absolute atomic E-state index is 0.0370. The molecule has 0 spiro atoms. The highest BCUT2D eigenvalue weighted by atomic mass is 32.2. The van der Waals surface area contributed by atoms with Crippen LogP contribution < -0.4 is 14.2 Å². The first-order chi connectivity index (χ1) is 15.0. The first-order valence-electron chi connectivity index (χ1n) is 10.0. The molecule has 1 unspecified atom stereocenters. The first-order valence-corrected chi connectivity index (χ1v) is 13.4. The fourth-order valence-electron chi connectivity index (χ4n) is 3.60. The van der Waals surface area contributed by atoms with E-state index in [0.717, 1.165) is 6.26 Å². The highest BCUT2D eigenvalue weighted by Crippen LogP contribution is 2.23. The molecule has 1 fully saturated rings. The molecule has 1 heterocycles. The summed E-state index contributed by atoms with van der Waals surface area (Å²) in [4.78, 5) is 14.7. The number of aryl methyl sites for hydroxylation is 1. The molecular formula is C21H27N3O6S2. The standard InChI is InChI=1S/C21H27N3O6S2/c1-15-6-11-19(32(28,29)23-16-7-9-18(30-2)10-8-16)13-20(15)21(25)24-12-4-5-17(14-24)22-31(3,26)27/h6-11,13,17,22-23H,4-5,12,14H2,1-3H3. The second-order valence-electron chi connectivity index (χ2n) is 7.79. The monoisotopic (exact) mass is 481 g/mol. The highest BCUT2D eigenvalue weighted by Gasteiger charge is 2.28. The SMILES string of the molecule is COc1ccc(NS(=O)(=O)c2ccc(C)c(C(=O)N3CCCC(NS(C)(=O)=O)C3)c2)cc1. The summed E-state index contributed by atoms with van der Waals surface area (Å²) in [6.45, 7) is 2.43. The van der Waals surface area contributed by atoms with Gasteiger partial charge < -0.3 is 9.64 Å². The topological polar surface area (TPSA) is 122 Å². The van der Waals surface area contributed by atoms with Crippen molar-refractivity contribution in [2.75, 3.05) is 31.2 Å². The van der Waals surface area contributed by atoms with Crippen LogP contribution in [0.25, 0.3) is 0 Å². The van der Waals surface area contributed by atoms with Crippen LogP contribution in [0.1, 0.15) is 28.8 Å². The Morgan fingerprint density at radius 2 is 1.78 bits per heavy atom. The number of carbonyl (C=O) groups excluding carboxylic acids is 1. The van der Waals surface area contributed by atoms with Gasteiger partial charge in [0.05, 0.1) is 18.3 Å². The van der Waals surface area contributed by atoms with Gasteiger partial charge in [-0.1, -0.05) is 6.07 Å². The molecule has 11 heteroatoms. The fourth-order valence-corrected chi connectivity index (χ4v) is 5.49. The van der Waals surface area contributed by atoms with E-state index in [1.54, 1.807) is 42.2 Å². The van der Waals surface area contributed by atoms with Gasteiger partial charge in [-0.25, -0.2) is 21.6 Å². The molecule has 0 aromatic heterocycles. The van der Waals surface area contributed by atoms with E-state index >= 15 is 0 Å². The number of benzene rings is 2. The van der Waals surface area contributed by atoms with Gasteiger partial charge in [0.1, 0.15) is 5.75 Å². The zero-order chi connectivity index (χ0) is 23.5. The van der Waals surface area contributed by atoms with E-state index in [4.69, 9.17) is 4.74 Å². The number of amides is 1. The van der Waals surface area contributed by atoms with Crippen molar-refractivity contribution in [3.05, 3.63) is 53.6 Å². The second kappa shape index (κ2) is 9.47. The molecule has 32 heavy (non-hydrogen) atoms. The number of sulfonamides is 2. The number of hydrogen-bond donors (Lipinski definition) is 2. The summed E-state index contributed by atoms with van der Waals surface area (Å²) in [6, 6.07) is 10.5. The Morgan fingerprint density at radius 3 is 2.41 bits per heavy atom. The smallest absolute Gasteiger partial charge is 0.261 e. The zero-order valence-corrected chi connectivity index (χ0v) is 19.8. The summed E-state index contributed by atoms with van der Waals surface area (Å²) in [5.41, 5.74) is 1.27. The summed E-state index contributed by atoms with van der Waals surface area (Å²) < 4.78 is 59.0. The molecule has 9 nitrogen and oxygen atoms in total. The third-order valence-electron chi connectivity index (χ3n) is 5.18. The molecule has 1 amide bonds. The Balaban J connectivity index is 1.81. The maximum absolute atomic E-state index is 13.2. The molecule has 0 saturated carbocycles. The number of piperidine rings is 1. The van der Waals surface area contributed by atoms with Crippen molar-refractivity contribution in [3.8, 4) is 5.75 Å². The van der Waals surface area contributed by atoms with Crippen molar-refractivity contribution in [2.24, 2.45) is 0 Å². The first kappa shape index (κ1) is 24.0. The summed E-state index contributed by atoms with van der Waals surface area (Å²) in [7, 11) is -5.79. The van der Waals surface area contributed by atoms with E-state index in [1.807, 2.05) is 0 Å². The van der Waals surface area contributed by atoms with Gasteiger partial charge in [-0.3, -0.25) is 9.52 Å². The minimum Gasteiger partial charge on any atom is -0.497 e. The van der Waals surface area contributed by atoms with Crippen LogP contribution in [0.3, 0.4) is 0 Å². The molecule has 3 rings (SSSR count). The van der Waals surface area contributed by atoms with Gasteiger partial charge in [-0.05, 0) is 61.7 Å². The lowest BCUT2D eigenvalue weighted by atomic mass is 10.0. The van der Waals surface area contributed by atoms with Crippen molar-refractivity contribution in [3.63, 3.8) is 0 Å². The second-order valence-corrected chi connectivity index (χ2v) is 11.3. The predicted octanol–water partition coefficient (Wildman–Crippen LogP) is 1.96. The van der Waals surface area contributed by atoms with Crippen molar-refractivity contribution >= 4 is 31.6 Å². The average molecular weight is 482 g/mol. The number of nitrogens with one attached hydrogen (secondary N) is 2. The van der Waals surface area contributed by atoms with Crippen LogP contribution in [0.15, 0.2) is 47.4 Å². The van der Waals surface area contributed by atoms with E-state index in [0.29, 0.717) is 36.4 Å². The number of anilines is 1. The summed E-state index contributed by atoms with van der Waals surface area (Å²) in [5, 5.41) is 0. The molecule has 0 aliphatic carbocycles. The number of nitrogens with zero attached hydrogens (tertiary/aromatic N) is 1. The number of ether oxygens (including phenoxy) is 1. The summed E-state index contributed by atoms with van der Waals surface area (Å²) in [6.07, 6.45) is 2.37. The fraction of sp³-hybridized carbons (Fsp3) is 0.381. The molecule has 1 atom stereocenters. The average Bonchev–Trinajstić information content (AvgIpc) is 2.72. The van der Waals surface area contributed by atoms with E-state index in [1.165, 1.54) is 19.2 Å². The molecular weight excluding hydrogens is 454 g/mol. The lowest BCUT2D eigenvalue weighted by Crippen LogP contribution is -2.49. The Bertz CT molecular complexity index is 1190. The van der Waals surface area contributed by atoms with Crippen LogP contribution >= 0.6 is 0 Å². The number of rotatable bonds is 7. The Morgan fingerprint density at radius 1 is 1.09 bits per heavy atom. The van der Waals surface area contributed by atoms with Gasteiger partial charge in [0.25, 0.3) is 15.9 Å². The van der Waals surface area contributed by atoms with E-state index in [9.17, 15) is 21.6 Å². The largest absolute Gasteiger partial charge is 0.497 e. The van der Waals surface area contributed by atoms with Gasteiger partial charge in [-0.15, -0.1) is 0 Å². The predicted molar refractivity (Wildman–Crippen MR) is 122 cm³/mol. The van der Waals surface area contributed by atoms with Crippen LogP contribution in [-0.4, -0.2) is 60.1 Å². The Labute approximate surface area is 188 Å². The molecule has 2 aromatic carbocycles. The van der Waals surface area contributed by atoms with Crippen molar-refractivity contribution in [2.45, 2.75) is 30.7 Å². The molecule has 174 valence electrons. The van der Waals surface area contributed by atoms with Gasteiger partial charge >= 0.3 is 0 Å². The molecule has 1 aliphatic rings. The lowest BCUT2D eigenvalue weighted by Gasteiger charge is -2.33. The van der Waals surface area contributed by atoms with Crippen LogP contribution in [-0.2, 0) is 20.0 Å². The maximum Gasteiger partial charge on any atom is 0.261 e. The normalized spacial score (nSPS) is 17.1. The lowest BCUT2D eigenvalue weighted by molar-refractivity contribution is 0.0702. The molecule has 1 aliphatic heterocycles. The number of likely N-dealkylation sites (tertiary alicyclic amines) is 1. The molecule has 1 saturated heterocycles. The van der Waals surface area contributed by atoms with E-state index in [-0.39, 0.29) is 29.0 Å². The van der Waals surface area contributed by atoms with Crippen LogP contribution in [0.2, 0.25) is 0 Å². The highest BCUT2D eigenvalue weighted by molar-refractivity contribution is 7.92. The number of methoxy groups -OCH3 is 1.